The molecule has 6 heteroatoms. The Morgan fingerprint density at radius 3 is 2.07 bits per heavy atom. The molecule has 4 aliphatic heterocycles. The summed E-state index contributed by atoms with van der Waals surface area (Å²) in [4.78, 5) is 10.8. The molecule has 0 N–H and O–H groups in total. The van der Waals surface area contributed by atoms with Crippen molar-refractivity contribution in [2.24, 2.45) is 0 Å². The Morgan fingerprint density at radius 1 is 0.690 bits per heavy atom. The minimum absolute atomic E-state index is 0.342. The zero-order valence-corrected chi connectivity index (χ0v) is 26.1. The number of fused-ring (bicyclic) bond motifs is 13. The molecule has 1 aliphatic carbocycles. The van der Waals surface area contributed by atoms with E-state index < -0.39 is 17.6 Å². The third kappa shape index (κ3) is 3.53. The topological polar surface area (TPSA) is 22.2 Å². The summed E-state index contributed by atoms with van der Waals surface area (Å²) in [6, 6.07) is 38.9. The first-order valence-electron chi connectivity index (χ1n) is 15.0. The quantitative estimate of drug-likeness (QED) is 0.180. The van der Waals surface area contributed by atoms with Crippen molar-refractivity contribution >= 4 is 31.0 Å². The van der Waals surface area contributed by atoms with Crippen LogP contribution in [0.2, 0.25) is 0 Å². The molecule has 9 rings (SSSR count). The van der Waals surface area contributed by atoms with Gasteiger partial charge in [-0.25, -0.2) is 0 Å². The number of nitrogens with zero attached hydrogens (tertiary/aromatic N) is 4. The zero-order valence-electron chi connectivity index (χ0n) is 23.8. The van der Waals surface area contributed by atoms with Crippen LogP contribution in [0.15, 0.2) is 84.9 Å². The van der Waals surface area contributed by atoms with Crippen molar-refractivity contribution in [2.75, 3.05) is 19.6 Å². The molecule has 5 nitrogen and oxygen atoms in total. The van der Waals surface area contributed by atoms with Crippen LogP contribution in [0, 0.1) is 12.1 Å². The number of benzene rings is 4. The first kappa shape index (κ1) is 24.9. The van der Waals surface area contributed by atoms with Crippen LogP contribution < -0.4 is 24.3 Å². The monoisotopic (exact) mass is 731 g/mol. The average molecular weight is 732 g/mol. The van der Waals surface area contributed by atoms with Gasteiger partial charge in [0.1, 0.15) is 0 Å². The molecule has 2 atom stereocenters. The molecule has 1 saturated carbocycles. The van der Waals surface area contributed by atoms with E-state index >= 15 is 0 Å². The minimum atomic E-state index is -0.602. The zero-order chi connectivity index (χ0) is 28.0. The van der Waals surface area contributed by atoms with Crippen molar-refractivity contribution in [3.8, 4) is 11.5 Å². The van der Waals surface area contributed by atoms with E-state index in [-0.39, 0.29) is 5.54 Å². The van der Waals surface area contributed by atoms with E-state index in [1.54, 1.807) is 0 Å². The summed E-state index contributed by atoms with van der Waals surface area (Å²) >= 11 is -0.602. The van der Waals surface area contributed by atoms with Crippen LogP contribution in [0.25, 0.3) is 0 Å². The number of hydrogen-bond donors (Lipinski definition) is 0. The summed E-state index contributed by atoms with van der Waals surface area (Å²) in [6.07, 6.45) is 4.97. The van der Waals surface area contributed by atoms with Gasteiger partial charge in [0, 0.05) is 0 Å². The van der Waals surface area contributed by atoms with Crippen LogP contribution in [0.3, 0.4) is 0 Å². The second kappa shape index (κ2) is 9.15. The van der Waals surface area contributed by atoms with Crippen LogP contribution in [0.1, 0.15) is 50.7 Å². The van der Waals surface area contributed by atoms with Crippen molar-refractivity contribution in [3.05, 3.63) is 108 Å². The van der Waals surface area contributed by atoms with Gasteiger partial charge in [0.05, 0.1) is 0 Å². The van der Waals surface area contributed by atoms with Crippen molar-refractivity contribution in [3.63, 3.8) is 0 Å². The number of anilines is 4. The first-order chi connectivity index (χ1) is 20.6. The molecular formula is C36H32N4OPt-2. The summed E-state index contributed by atoms with van der Waals surface area (Å²) in [7, 11) is 0. The van der Waals surface area contributed by atoms with Gasteiger partial charge in [0.15, 0.2) is 0 Å². The summed E-state index contributed by atoms with van der Waals surface area (Å²) in [6.45, 7) is 5.47. The number of hydrogen-bond acceptors (Lipinski definition) is 5. The molecule has 0 saturated heterocycles. The van der Waals surface area contributed by atoms with E-state index in [0.717, 1.165) is 29.2 Å². The van der Waals surface area contributed by atoms with Crippen LogP contribution in [0.4, 0.5) is 22.7 Å². The molecular weight excluding hydrogens is 700 g/mol. The normalized spacial score (nSPS) is 23.2. The van der Waals surface area contributed by atoms with Gasteiger partial charge in [0.2, 0.25) is 0 Å². The Kier molecular flexibility index (Phi) is 5.42. The van der Waals surface area contributed by atoms with E-state index in [4.69, 9.17) is 4.74 Å². The molecule has 0 aromatic heterocycles. The molecule has 4 aromatic rings. The molecule has 2 unspecified atom stereocenters. The van der Waals surface area contributed by atoms with Gasteiger partial charge in [-0.3, -0.25) is 0 Å². The fourth-order valence-electron chi connectivity index (χ4n) is 7.46. The molecule has 0 spiro atoms. The first-order valence-corrected chi connectivity index (χ1v) is 17.2. The maximum atomic E-state index is 6.42. The fraction of sp³-hybridized carbons (Fsp3) is 0.278. The van der Waals surface area contributed by atoms with E-state index in [9.17, 15) is 0 Å². The van der Waals surface area contributed by atoms with Gasteiger partial charge < -0.3 is 0 Å². The molecule has 0 radical (unpaired) electrons. The molecule has 4 heterocycles. The van der Waals surface area contributed by atoms with Crippen LogP contribution in [0.5, 0.6) is 11.5 Å². The van der Waals surface area contributed by atoms with Gasteiger partial charge in [-0.05, 0) is 0 Å². The molecule has 6 bridgehead atoms. The standard InChI is InChI=1S/C36H32N4O.Pt/c1-36(2)27-12-10-14-29(22-27)41-28-13-9-11-26(21-28)23-37-24-38(31-16-4-3-15-30(31)37)32-17-5-6-18-33(32)39-25-40(36)35-20-8-7-19-34(35)39;/h3-4,7-16,19-20,32-33H,5-6,17-18,23H2,1-2H3;/q-2;. The van der Waals surface area contributed by atoms with Crippen molar-refractivity contribution in [2.45, 2.75) is 63.7 Å². The molecule has 1 fully saturated rings. The van der Waals surface area contributed by atoms with E-state index in [1.807, 2.05) is 12.1 Å². The van der Waals surface area contributed by atoms with Crippen molar-refractivity contribution in [1.82, 2.24) is 0 Å². The predicted molar refractivity (Wildman–Crippen MR) is 166 cm³/mol. The third-order valence-corrected chi connectivity index (χ3v) is 12.7. The van der Waals surface area contributed by atoms with Crippen molar-refractivity contribution in [1.29, 1.82) is 0 Å². The molecule has 42 heavy (non-hydrogen) atoms. The second-order valence-corrected chi connectivity index (χ2v) is 14.9. The van der Waals surface area contributed by atoms with E-state index in [0.29, 0.717) is 12.1 Å². The van der Waals surface area contributed by atoms with Crippen LogP contribution in [-0.2, 0) is 29.7 Å². The number of ether oxygens (including phenoxy) is 1. The molecule has 5 aliphatic rings. The van der Waals surface area contributed by atoms with Crippen LogP contribution >= 0.6 is 0 Å². The van der Waals surface area contributed by atoms with Gasteiger partial charge in [-0.1, -0.05) is 0 Å². The van der Waals surface area contributed by atoms with Gasteiger partial charge in [0.25, 0.3) is 0 Å². The van der Waals surface area contributed by atoms with Gasteiger partial charge >= 0.3 is 256 Å². The Hall–Kier alpha value is -3.69. The van der Waals surface area contributed by atoms with Gasteiger partial charge in [-0.2, -0.15) is 0 Å². The maximum absolute atomic E-state index is 6.42. The van der Waals surface area contributed by atoms with E-state index in [2.05, 4.69) is 118 Å². The third-order valence-electron chi connectivity index (χ3n) is 9.42. The second-order valence-electron chi connectivity index (χ2n) is 12.3. The Bertz CT molecular complexity index is 1820. The van der Waals surface area contributed by atoms with Crippen molar-refractivity contribution < 1.29 is 22.4 Å². The Labute approximate surface area is 255 Å². The molecule has 214 valence electrons. The van der Waals surface area contributed by atoms with E-state index in [1.165, 1.54) is 56.7 Å². The molecule has 0 amide bonds. The summed E-state index contributed by atoms with van der Waals surface area (Å²) in [5.74, 6) is 1.46. The Balaban J connectivity index is 1.38. The Morgan fingerprint density at radius 2 is 1.31 bits per heavy atom. The summed E-state index contributed by atoms with van der Waals surface area (Å²) < 4.78 is 9.37. The summed E-state index contributed by atoms with van der Waals surface area (Å²) in [5, 5.41) is 0. The fourth-order valence-corrected chi connectivity index (χ4v) is 11.7. The average Bonchev–Trinajstić information content (AvgIpc) is 3.44. The summed E-state index contributed by atoms with van der Waals surface area (Å²) in [5.41, 5.74) is 7.26. The number of para-hydroxylation sites is 4. The molecule has 4 aromatic carbocycles. The number of rotatable bonds is 0. The SMILES string of the molecule is CC1(C)c2[c-]c(ccc2)Oc2[c-]c(ccc2)CN2[C]3=[Pt]=[C]4N(c5ccccc5N41)C1CCCCC1N3c1ccccc12. The van der Waals surface area contributed by atoms with Gasteiger partial charge in [-0.15, -0.1) is 0 Å². The van der Waals surface area contributed by atoms with Crippen LogP contribution in [-0.4, -0.2) is 20.4 Å². The predicted octanol–water partition coefficient (Wildman–Crippen LogP) is 7.06.